The molecule has 1 fully saturated rings. The van der Waals surface area contributed by atoms with Gasteiger partial charge in [0.2, 0.25) is 5.91 Å². The minimum Gasteiger partial charge on any atom is -0.496 e. The molecule has 0 unspecified atom stereocenters. The van der Waals surface area contributed by atoms with Crippen molar-refractivity contribution in [3.63, 3.8) is 0 Å². The summed E-state index contributed by atoms with van der Waals surface area (Å²) >= 11 is 0. The summed E-state index contributed by atoms with van der Waals surface area (Å²) in [6, 6.07) is 5.98. The van der Waals surface area contributed by atoms with E-state index < -0.39 is 0 Å². The van der Waals surface area contributed by atoms with Gasteiger partial charge in [-0.15, -0.1) is 12.4 Å². The van der Waals surface area contributed by atoms with Crippen LogP contribution in [0.1, 0.15) is 24.0 Å². The van der Waals surface area contributed by atoms with Gasteiger partial charge in [-0.1, -0.05) is 12.1 Å². The van der Waals surface area contributed by atoms with Gasteiger partial charge >= 0.3 is 0 Å². The number of aryl methyl sites for hydroxylation is 1. The first kappa shape index (κ1) is 16.8. The van der Waals surface area contributed by atoms with Crippen molar-refractivity contribution in [1.29, 1.82) is 0 Å². The Hall–Kier alpha value is -1.26. The average Bonchev–Trinajstić information content (AvgIpc) is 3.22. The maximum absolute atomic E-state index is 11.6. The summed E-state index contributed by atoms with van der Waals surface area (Å²) in [4.78, 5) is 11.6. The van der Waals surface area contributed by atoms with Gasteiger partial charge in [0, 0.05) is 6.54 Å². The molecule has 0 aromatic heterocycles. The van der Waals surface area contributed by atoms with E-state index in [-0.39, 0.29) is 18.3 Å². The number of hydrogen-bond donors (Lipinski definition) is 2. The Labute approximate surface area is 126 Å². The molecule has 4 nitrogen and oxygen atoms in total. The van der Waals surface area contributed by atoms with Crippen LogP contribution in [0.5, 0.6) is 5.75 Å². The third-order valence-corrected chi connectivity index (χ3v) is 3.38. The molecule has 2 N–H and O–H groups in total. The lowest BCUT2D eigenvalue weighted by Crippen LogP contribution is -2.34. The Balaban J connectivity index is 0.00000200. The molecule has 0 heterocycles. The van der Waals surface area contributed by atoms with Crippen LogP contribution in [0.2, 0.25) is 0 Å². The number of carbonyl (C=O) groups is 1. The highest BCUT2D eigenvalue weighted by Crippen LogP contribution is 2.27. The van der Waals surface area contributed by atoms with Gasteiger partial charge in [-0.25, -0.2) is 0 Å². The Morgan fingerprint density at radius 3 is 2.80 bits per heavy atom. The number of amides is 1. The van der Waals surface area contributed by atoms with Crippen molar-refractivity contribution in [1.82, 2.24) is 10.6 Å². The van der Waals surface area contributed by atoms with E-state index in [4.69, 9.17) is 4.74 Å². The standard InChI is InChI=1S/C15H22N2O2.ClH/c1-11-3-4-13(7-14(11)19-2)9-17-15(18)10-16-8-12-5-6-12;/h3-4,7,12,16H,5-6,8-10H2,1-2H3,(H,17,18);1H. The van der Waals surface area contributed by atoms with Crippen molar-refractivity contribution in [2.45, 2.75) is 26.3 Å². The van der Waals surface area contributed by atoms with E-state index in [2.05, 4.69) is 10.6 Å². The molecule has 0 bridgehead atoms. The number of hydrogen-bond acceptors (Lipinski definition) is 3. The molecule has 0 radical (unpaired) electrons. The minimum absolute atomic E-state index is 0. The van der Waals surface area contributed by atoms with Crippen LogP contribution in [0.4, 0.5) is 0 Å². The molecule has 0 spiro atoms. The molecule has 0 aliphatic heterocycles. The molecule has 1 aromatic carbocycles. The lowest BCUT2D eigenvalue weighted by molar-refractivity contribution is -0.120. The van der Waals surface area contributed by atoms with Crippen molar-refractivity contribution in [3.8, 4) is 5.75 Å². The summed E-state index contributed by atoms with van der Waals surface area (Å²) in [5.74, 6) is 1.70. The predicted octanol–water partition coefficient (Wildman–Crippen LogP) is 2.04. The van der Waals surface area contributed by atoms with E-state index in [1.807, 2.05) is 25.1 Å². The van der Waals surface area contributed by atoms with E-state index in [1.165, 1.54) is 12.8 Å². The maximum Gasteiger partial charge on any atom is 0.234 e. The van der Waals surface area contributed by atoms with Crippen LogP contribution in [0, 0.1) is 12.8 Å². The van der Waals surface area contributed by atoms with Crippen LogP contribution in [0.15, 0.2) is 18.2 Å². The number of carbonyl (C=O) groups excluding carboxylic acids is 1. The lowest BCUT2D eigenvalue weighted by Gasteiger charge is -2.09. The van der Waals surface area contributed by atoms with Crippen molar-refractivity contribution < 1.29 is 9.53 Å². The summed E-state index contributed by atoms with van der Waals surface area (Å²) in [5, 5.41) is 6.09. The normalized spacial score (nSPS) is 13.5. The zero-order valence-corrected chi connectivity index (χ0v) is 12.9. The molecular weight excluding hydrogens is 276 g/mol. The SMILES string of the molecule is COc1cc(CNC(=O)CNCC2CC2)ccc1C.Cl. The number of benzene rings is 1. The third kappa shape index (κ3) is 5.39. The molecule has 1 amide bonds. The number of halogens is 1. The first-order chi connectivity index (χ1) is 9.19. The highest BCUT2D eigenvalue weighted by molar-refractivity contribution is 5.85. The van der Waals surface area contributed by atoms with Gasteiger partial charge in [0.25, 0.3) is 0 Å². The highest BCUT2D eigenvalue weighted by atomic mass is 35.5. The fourth-order valence-corrected chi connectivity index (χ4v) is 1.95. The summed E-state index contributed by atoms with van der Waals surface area (Å²) in [6.07, 6.45) is 2.61. The van der Waals surface area contributed by atoms with Crippen LogP contribution in [0.3, 0.4) is 0 Å². The fraction of sp³-hybridized carbons (Fsp3) is 0.533. The molecule has 0 atom stereocenters. The molecule has 20 heavy (non-hydrogen) atoms. The number of methoxy groups -OCH3 is 1. The minimum atomic E-state index is 0. The van der Waals surface area contributed by atoms with Gasteiger partial charge < -0.3 is 15.4 Å². The predicted molar refractivity (Wildman–Crippen MR) is 82.4 cm³/mol. The molecule has 112 valence electrons. The average molecular weight is 299 g/mol. The molecule has 1 saturated carbocycles. The first-order valence-corrected chi connectivity index (χ1v) is 6.80. The first-order valence-electron chi connectivity index (χ1n) is 6.80. The van der Waals surface area contributed by atoms with Crippen molar-refractivity contribution in [2.24, 2.45) is 5.92 Å². The summed E-state index contributed by atoms with van der Waals surface area (Å²) in [7, 11) is 1.66. The Kier molecular flexibility index (Phi) is 6.82. The maximum atomic E-state index is 11.6. The van der Waals surface area contributed by atoms with Crippen LogP contribution in [0.25, 0.3) is 0 Å². The van der Waals surface area contributed by atoms with Gasteiger partial charge in [-0.2, -0.15) is 0 Å². The topological polar surface area (TPSA) is 50.4 Å². The van der Waals surface area contributed by atoms with E-state index in [0.29, 0.717) is 13.1 Å². The third-order valence-electron chi connectivity index (χ3n) is 3.38. The molecule has 5 heteroatoms. The molecule has 1 aliphatic rings. The van der Waals surface area contributed by atoms with Gasteiger partial charge in [0.1, 0.15) is 5.75 Å². The molecule has 1 aromatic rings. The Bertz CT molecular complexity index is 447. The second-order valence-corrected chi connectivity index (χ2v) is 5.15. The second-order valence-electron chi connectivity index (χ2n) is 5.15. The Morgan fingerprint density at radius 1 is 1.40 bits per heavy atom. The van der Waals surface area contributed by atoms with E-state index in [9.17, 15) is 4.79 Å². The van der Waals surface area contributed by atoms with Crippen LogP contribution >= 0.6 is 12.4 Å². The van der Waals surface area contributed by atoms with Gasteiger partial charge in [0.15, 0.2) is 0 Å². The van der Waals surface area contributed by atoms with Crippen LogP contribution in [-0.4, -0.2) is 26.1 Å². The van der Waals surface area contributed by atoms with E-state index in [1.54, 1.807) is 7.11 Å². The van der Waals surface area contributed by atoms with Crippen LogP contribution in [-0.2, 0) is 11.3 Å². The highest BCUT2D eigenvalue weighted by Gasteiger charge is 2.20. The second kappa shape index (κ2) is 8.12. The summed E-state index contributed by atoms with van der Waals surface area (Å²) in [6.45, 7) is 3.91. The fourth-order valence-electron chi connectivity index (χ4n) is 1.95. The smallest absolute Gasteiger partial charge is 0.234 e. The zero-order valence-electron chi connectivity index (χ0n) is 12.1. The molecule has 1 aliphatic carbocycles. The van der Waals surface area contributed by atoms with Crippen LogP contribution < -0.4 is 15.4 Å². The summed E-state index contributed by atoms with van der Waals surface area (Å²) in [5.41, 5.74) is 2.15. The van der Waals surface area contributed by atoms with Crippen molar-refractivity contribution in [2.75, 3.05) is 20.2 Å². The number of rotatable bonds is 7. The van der Waals surface area contributed by atoms with Gasteiger partial charge in [-0.3, -0.25) is 4.79 Å². The summed E-state index contributed by atoms with van der Waals surface area (Å²) < 4.78 is 5.27. The molecule has 0 saturated heterocycles. The van der Waals surface area contributed by atoms with Crippen molar-refractivity contribution >= 4 is 18.3 Å². The van der Waals surface area contributed by atoms with E-state index >= 15 is 0 Å². The quantitative estimate of drug-likeness (QED) is 0.810. The number of nitrogens with one attached hydrogen (secondary N) is 2. The van der Waals surface area contributed by atoms with Gasteiger partial charge in [-0.05, 0) is 49.4 Å². The number of ether oxygens (including phenoxy) is 1. The zero-order chi connectivity index (χ0) is 13.7. The lowest BCUT2D eigenvalue weighted by atomic mass is 10.1. The largest absolute Gasteiger partial charge is 0.496 e. The monoisotopic (exact) mass is 298 g/mol. The van der Waals surface area contributed by atoms with Gasteiger partial charge in [0.05, 0.1) is 13.7 Å². The van der Waals surface area contributed by atoms with Crippen molar-refractivity contribution in [3.05, 3.63) is 29.3 Å². The molecule has 2 rings (SSSR count). The Morgan fingerprint density at radius 2 is 2.15 bits per heavy atom. The van der Waals surface area contributed by atoms with E-state index in [0.717, 1.165) is 29.3 Å². The molecular formula is C15H23ClN2O2.